The van der Waals surface area contributed by atoms with Gasteiger partial charge in [-0.15, -0.1) is 0 Å². The molecule has 0 spiro atoms. The Hall–Kier alpha value is -3.09. The average Bonchev–Trinajstić information content (AvgIpc) is 3.18. The second-order valence-electron chi connectivity index (χ2n) is 8.87. The predicted octanol–water partition coefficient (Wildman–Crippen LogP) is 3.66. The van der Waals surface area contributed by atoms with E-state index >= 15 is 0 Å². The molecule has 1 aromatic carbocycles. The lowest BCUT2D eigenvalue weighted by molar-refractivity contribution is -0.124. The van der Waals surface area contributed by atoms with E-state index in [2.05, 4.69) is 36.2 Å². The van der Waals surface area contributed by atoms with Crippen LogP contribution in [0.4, 0.5) is 0 Å². The van der Waals surface area contributed by atoms with E-state index in [4.69, 9.17) is 4.52 Å². The normalized spacial score (nSPS) is 22.6. The van der Waals surface area contributed by atoms with Crippen LogP contribution in [0.1, 0.15) is 74.2 Å². The van der Waals surface area contributed by atoms with Gasteiger partial charge in [-0.3, -0.25) is 9.59 Å². The maximum absolute atomic E-state index is 12.9. The van der Waals surface area contributed by atoms with E-state index in [1.165, 1.54) is 0 Å². The lowest BCUT2D eigenvalue weighted by atomic mass is 10.0. The van der Waals surface area contributed by atoms with Gasteiger partial charge in [0.25, 0.3) is 5.91 Å². The summed E-state index contributed by atoms with van der Waals surface area (Å²) in [7, 11) is 0. The highest BCUT2D eigenvalue weighted by Gasteiger charge is 2.50. The second kappa shape index (κ2) is 8.21. The maximum atomic E-state index is 12.9. The fraction of sp³-hybridized carbons (Fsp3) is 0.458. The number of hydrogen-bond donors (Lipinski definition) is 2. The molecule has 31 heavy (non-hydrogen) atoms. The van der Waals surface area contributed by atoms with Crippen molar-refractivity contribution in [3.8, 4) is 0 Å². The Morgan fingerprint density at radius 2 is 1.81 bits per heavy atom. The van der Waals surface area contributed by atoms with Crippen LogP contribution in [-0.2, 0) is 4.79 Å². The Morgan fingerprint density at radius 3 is 2.35 bits per heavy atom. The second-order valence-corrected chi connectivity index (χ2v) is 8.87. The van der Waals surface area contributed by atoms with Crippen molar-refractivity contribution in [2.45, 2.75) is 70.1 Å². The first-order chi connectivity index (χ1) is 14.8. The fourth-order valence-corrected chi connectivity index (χ4v) is 4.33. The van der Waals surface area contributed by atoms with E-state index in [9.17, 15) is 9.59 Å². The molecule has 7 heteroatoms. The summed E-state index contributed by atoms with van der Waals surface area (Å²) >= 11 is 0. The molecule has 2 heterocycles. The summed E-state index contributed by atoms with van der Waals surface area (Å²) in [6, 6.07) is 9.62. The summed E-state index contributed by atoms with van der Waals surface area (Å²) in [6.07, 6.45) is 5.11. The van der Waals surface area contributed by atoms with Crippen LogP contribution in [0.5, 0.6) is 0 Å². The molecule has 1 aliphatic carbocycles. The zero-order valence-corrected chi connectivity index (χ0v) is 18.4. The van der Waals surface area contributed by atoms with Crippen molar-refractivity contribution in [3.05, 3.63) is 60.0 Å². The standard InChI is InChI=1S/C24H30N4O3/c1-15-5-6-16(2)28(15)22(29)20-9-7-19(8-10-20)17(3)26-23(30)24(12-13-24)27-18(4)21-11-14-25-31-21/h7-11,14-17,27H,4-6,12-13H2,1-3H3,(H,26,30)/t15?,16?,17-/m1/s1. The molecule has 0 radical (unpaired) electrons. The van der Waals surface area contributed by atoms with Crippen molar-refractivity contribution in [2.24, 2.45) is 0 Å². The van der Waals surface area contributed by atoms with Crippen LogP contribution in [0.25, 0.3) is 5.70 Å². The van der Waals surface area contributed by atoms with E-state index in [0.29, 0.717) is 17.0 Å². The van der Waals surface area contributed by atoms with Crippen LogP contribution in [0, 0.1) is 0 Å². The summed E-state index contributed by atoms with van der Waals surface area (Å²) in [5.41, 5.74) is 1.53. The number of benzene rings is 1. The van der Waals surface area contributed by atoms with Gasteiger partial charge < -0.3 is 20.1 Å². The number of likely N-dealkylation sites (tertiary alicyclic amines) is 1. The monoisotopic (exact) mass is 422 g/mol. The van der Waals surface area contributed by atoms with E-state index < -0.39 is 5.54 Å². The molecular formula is C24H30N4O3. The molecule has 3 atom stereocenters. The molecule has 1 saturated heterocycles. The molecule has 1 saturated carbocycles. The van der Waals surface area contributed by atoms with Crippen LogP contribution in [-0.4, -0.2) is 39.5 Å². The number of amides is 2. The van der Waals surface area contributed by atoms with Gasteiger partial charge in [-0.1, -0.05) is 23.9 Å². The van der Waals surface area contributed by atoms with Crippen LogP contribution < -0.4 is 10.6 Å². The van der Waals surface area contributed by atoms with Crippen molar-refractivity contribution in [2.75, 3.05) is 0 Å². The zero-order valence-electron chi connectivity index (χ0n) is 18.4. The number of carbonyl (C=O) groups excluding carboxylic acids is 2. The van der Waals surface area contributed by atoms with E-state index in [1.54, 1.807) is 12.3 Å². The fourth-order valence-electron chi connectivity index (χ4n) is 4.33. The van der Waals surface area contributed by atoms with E-state index in [1.807, 2.05) is 36.1 Å². The molecule has 4 rings (SSSR count). The molecule has 2 amide bonds. The first-order valence-electron chi connectivity index (χ1n) is 10.9. The van der Waals surface area contributed by atoms with Crippen molar-refractivity contribution >= 4 is 17.5 Å². The molecule has 2 fully saturated rings. The van der Waals surface area contributed by atoms with Crippen LogP contribution in [0.3, 0.4) is 0 Å². The van der Waals surface area contributed by atoms with Crippen molar-refractivity contribution < 1.29 is 14.1 Å². The first kappa shape index (κ1) is 21.2. The van der Waals surface area contributed by atoms with Gasteiger partial charge in [0.2, 0.25) is 5.91 Å². The molecule has 1 aromatic heterocycles. The number of rotatable bonds is 7. The summed E-state index contributed by atoms with van der Waals surface area (Å²) in [5.74, 6) is 0.530. The van der Waals surface area contributed by atoms with Gasteiger partial charge in [-0.2, -0.15) is 0 Å². The van der Waals surface area contributed by atoms with Crippen molar-refractivity contribution in [1.29, 1.82) is 0 Å². The maximum Gasteiger partial charge on any atom is 0.254 e. The van der Waals surface area contributed by atoms with Crippen LogP contribution in [0.2, 0.25) is 0 Å². The number of aromatic nitrogens is 1. The lowest BCUT2D eigenvalue weighted by Gasteiger charge is -2.26. The summed E-state index contributed by atoms with van der Waals surface area (Å²) < 4.78 is 5.10. The Kier molecular flexibility index (Phi) is 5.60. The number of nitrogens with one attached hydrogen (secondary N) is 2. The summed E-state index contributed by atoms with van der Waals surface area (Å²) in [4.78, 5) is 27.8. The molecule has 1 aliphatic heterocycles. The highest BCUT2D eigenvalue weighted by molar-refractivity contribution is 5.95. The minimum atomic E-state index is -0.657. The molecule has 0 bridgehead atoms. The van der Waals surface area contributed by atoms with Crippen LogP contribution in [0.15, 0.2) is 47.6 Å². The third-order valence-corrected chi connectivity index (χ3v) is 6.50. The molecule has 7 nitrogen and oxygen atoms in total. The lowest BCUT2D eigenvalue weighted by Crippen LogP contribution is -2.46. The van der Waals surface area contributed by atoms with Gasteiger partial charge in [0.05, 0.1) is 17.9 Å². The van der Waals surface area contributed by atoms with Gasteiger partial charge in [-0.05, 0) is 64.2 Å². The molecule has 2 aromatic rings. The molecule has 2 aliphatic rings. The predicted molar refractivity (Wildman–Crippen MR) is 118 cm³/mol. The smallest absolute Gasteiger partial charge is 0.254 e. The van der Waals surface area contributed by atoms with Gasteiger partial charge in [-0.25, -0.2) is 0 Å². The highest BCUT2D eigenvalue weighted by Crippen LogP contribution is 2.38. The Bertz CT molecular complexity index is 953. The van der Waals surface area contributed by atoms with Gasteiger partial charge >= 0.3 is 0 Å². The summed E-state index contributed by atoms with van der Waals surface area (Å²) in [6.45, 7) is 10.1. The quantitative estimate of drug-likeness (QED) is 0.711. The highest BCUT2D eigenvalue weighted by atomic mass is 16.5. The molecule has 2 N–H and O–H groups in total. The van der Waals surface area contributed by atoms with Gasteiger partial charge in [0.15, 0.2) is 5.76 Å². The van der Waals surface area contributed by atoms with Gasteiger partial charge in [0, 0.05) is 23.7 Å². The Balaban J connectivity index is 1.37. The number of nitrogens with zero attached hydrogens (tertiary/aromatic N) is 2. The van der Waals surface area contributed by atoms with Crippen molar-refractivity contribution in [1.82, 2.24) is 20.7 Å². The topological polar surface area (TPSA) is 87.5 Å². The third-order valence-electron chi connectivity index (χ3n) is 6.50. The van der Waals surface area contributed by atoms with Crippen LogP contribution >= 0.6 is 0 Å². The SMILES string of the molecule is C=C(NC1(C(=O)N[C@H](C)c2ccc(C(=O)N3C(C)CCC3C)cc2)CC1)c1ccno1. The summed E-state index contributed by atoms with van der Waals surface area (Å²) in [5, 5.41) is 9.96. The zero-order chi connectivity index (χ0) is 22.2. The first-order valence-corrected chi connectivity index (χ1v) is 10.9. The largest absolute Gasteiger partial charge is 0.369 e. The Labute approximate surface area is 182 Å². The average molecular weight is 423 g/mol. The molecule has 164 valence electrons. The number of carbonyl (C=O) groups is 2. The molecule has 2 unspecified atom stereocenters. The Morgan fingerprint density at radius 1 is 1.16 bits per heavy atom. The molecular weight excluding hydrogens is 392 g/mol. The minimum Gasteiger partial charge on any atom is -0.369 e. The van der Waals surface area contributed by atoms with E-state index in [-0.39, 0.29) is 29.9 Å². The van der Waals surface area contributed by atoms with Crippen molar-refractivity contribution in [3.63, 3.8) is 0 Å². The third kappa shape index (κ3) is 4.22. The van der Waals surface area contributed by atoms with E-state index in [0.717, 1.165) is 31.2 Å². The van der Waals surface area contributed by atoms with Gasteiger partial charge in [0.1, 0.15) is 5.54 Å². The minimum absolute atomic E-state index is 0.0689. The number of hydrogen-bond acceptors (Lipinski definition) is 5.